The Morgan fingerprint density at radius 3 is 2.47 bits per heavy atom. The molecule has 0 atom stereocenters. The van der Waals surface area contributed by atoms with Gasteiger partial charge in [0.2, 0.25) is 0 Å². The summed E-state index contributed by atoms with van der Waals surface area (Å²) in [4.78, 5) is 11.9. The van der Waals surface area contributed by atoms with Crippen LogP contribution >= 0.6 is 23.5 Å². The number of Topliss-reactive ketones (excluding diaryl/α,β-unsaturated/α-hetero) is 1. The van der Waals surface area contributed by atoms with Gasteiger partial charge in [-0.2, -0.15) is 13.2 Å². The van der Waals surface area contributed by atoms with Crippen LogP contribution in [0.3, 0.4) is 0 Å². The highest BCUT2D eigenvalue weighted by Crippen LogP contribution is 2.38. The number of rotatable bonds is 4. The molecule has 0 aromatic heterocycles. The van der Waals surface area contributed by atoms with Crippen molar-refractivity contribution in [1.29, 1.82) is 0 Å². The van der Waals surface area contributed by atoms with Crippen LogP contribution in [-0.4, -0.2) is 17.5 Å². The second-order valence-electron chi connectivity index (χ2n) is 3.40. The zero-order chi connectivity index (χ0) is 13.1. The first-order valence-electron chi connectivity index (χ1n) is 4.74. The zero-order valence-corrected chi connectivity index (χ0v) is 10.9. The second kappa shape index (κ2) is 5.82. The van der Waals surface area contributed by atoms with E-state index in [0.717, 1.165) is 10.5 Å². The zero-order valence-electron chi connectivity index (χ0n) is 9.30. The van der Waals surface area contributed by atoms with E-state index in [1.54, 1.807) is 12.3 Å². The molecule has 1 aromatic carbocycles. The van der Waals surface area contributed by atoms with Crippen molar-refractivity contribution in [1.82, 2.24) is 0 Å². The van der Waals surface area contributed by atoms with Gasteiger partial charge in [0.15, 0.2) is 0 Å². The van der Waals surface area contributed by atoms with Crippen molar-refractivity contribution in [3.8, 4) is 0 Å². The molecular weight excluding hydrogens is 269 g/mol. The maximum absolute atomic E-state index is 12.2. The van der Waals surface area contributed by atoms with E-state index in [0.29, 0.717) is 0 Å². The fourth-order valence-corrected chi connectivity index (χ4v) is 2.64. The lowest BCUT2D eigenvalue weighted by molar-refractivity contribution is -0.116. The molecule has 0 saturated carbocycles. The number of carbonyl (C=O) groups excluding carboxylic acids is 1. The predicted octanol–water partition coefficient (Wildman–Crippen LogP) is 4.15. The van der Waals surface area contributed by atoms with Gasteiger partial charge in [-0.3, -0.25) is 4.79 Å². The first-order valence-corrected chi connectivity index (χ1v) is 6.78. The lowest BCUT2D eigenvalue weighted by atomic mass is 10.1. The predicted molar refractivity (Wildman–Crippen MR) is 64.5 cm³/mol. The molecule has 94 valence electrons. The Morgan fingerprint density at radius 2 is 2.00 bits per heavy atom. The summed E-state index contributed by atoms with van der Waals surface area (Å²) in [5, 5.41) is 0. The van der Waals surface area contributed by atoms with Crippen LogP contribution in [0.15, 0.2) is 28.0 Å². The summed E-state index contributed by atoms with van der Waals surface area (Å²) >= 11 is 1.20. The van der Waals surface area contributed by atoms with E-state index >= 15 is 0 Å². The average molecular weight is 280 g/mol. The number of thioether (sulfide) groups is 2. The minimum absolute atomic E-state index is 0.00322. The van der Waals surface area contributed by atoms with E-state index in [9.17, 15) is 18.0 Å². The van der Waals surface area contributed by atoms with Gasteiger partial charge in [0.1, 0.15) is 5.78 Å². The molecular formula is C11H11F3OS2. The van der Waals surface area contributed by atoms with Gasteiger partial charge in [0.25, 0.3) is 0 Å². The van der Waals surface area contributed by atoms with Gasteiger partial charge in [-0.15, -0.1) is 11.8 Å². The molecule has 0 aliphatic heterocycles. The quantitative estimate of drug-likeness (QED) is 0.771. The SMILES string of the molecule is CSc1cc(SC(F)(F)F)ccc1CC(C)=O. The van der Waals surface area contributed by atoms with Gasteiger partial charge in [-0.1, -0.05) is 6.07 Å². The highest BCUT2D eigenvalue weighted by Gasteiger charge is 2.29. The monoisotopic (exact) mass is 280 g/mol. The summed E-state index contributed by atoms with van der Waals surface area (Å²) in [6.07, 6.45) is 2.04. The number of alkyl halides is 3. The average Bonchev–Trinajstić information content (AvgIpc) is 2.17. The van der Waals surface area contributed by atoms with Crippen LogP contribution < -0.4 is 0 Å². The summed E-state index contributed by atoms with van der Waals surface area (Å²) in [5.41, 5.74) is -3.51. The van der Waals surface area contributed by atoms with Crippen molar-refractivity contribution >= 4 is 29.3 Å². The van der Waals surface area contributed by atoms with Crippen LogP contribution in [0, 0.1) is 0 Å². The van der Waals surface area contributed by atoms with Gasteiger partial charge in [0, 0.05) is 16.2 Å². The number of benzene rings is 1. The van der Waals surface area contributed by atoms with Crippen LogP contribution in [0.4, 0.5) is 13.2 Å². The molecule has 1 nitrogen and oxygen atoms in total. The van der Waals surface area contributed by atoms with E-state index in [4.69, 9.17) is 0 Å². The molecule has 0 radical (unpaired) electrons. The molecule has 0 N–H and O–H groups in total. The van der Waals surface area contributed by atoms with Crippen molar-refractivity contribution in [3.63, 3.8) is 0 Å². The first-order chi connectivity index (χ1) is 7.81. The molecule has 0 bridgehead atoms. The number of ketones is 1. The molecule has 0 aliphatic rings. The van der Waals surface area contributed by atoms with Crippen molar-refractivity contribution < 1.29 is 18.0 Å². The largest absolute Gasteiger partial charge is 0.446 e. The fourth-order valence-electron chi connectivity index (χ4n) is 1.34. The Bertz CT molecular complexity index is 416. The molecule has 0 heterocycles. The van der Waals surface area contributed by atoms with E-state index in [1.165, 1.54) is 30.8 Å². The summed E-state index contributed by atoms with van der Waals surface area (Å²) < 4.78 is 36.6. The molecule has 1 rings (SSSR count). The van der Waals surface area contributed by atoms with Crippen LogP contribution in [0.2, 0.25) is 0 Å². The third-order valence-electron chi connectivity index (χ3n) is 1.93. The van der Waals surface area contributed by atoms with Crippen molar-refractivity contribution in [2.24, 2.45) is 0 Å². The summed E-state index contributed by atoms with van der Waals surface area (Å²) in [6, 6.07) is 4.46. The van der Waals surface area contributed by atoms with E-state index in [2.05, 4.69) is 0 Å². The van der Waals surface area contributed by atoms with Gasteiger partial charge < -0.3 is 0 Å². The lowest BCUT2D eigenvalue weighted by Gasteiger charge is -2.10. The highest BCUT2D eigenvalue weighted by molar-refractivity contribution is 8.00. The standard InChI is InChI=1S/C11H11F3OS2/c1-7(15)5-8-3-4-9(6-10(8)16-2)17-11(12,13)14/h3-4,6H,5H2,1-2H3. The van der Waals surface area contributed by atoms with Crippen molar-refractivity contribution in [2.75, 3.05) is 6.26 Å². The first kappa shape index (κ1) is 14.4. The topological polar surface area (TPSA) is 17.1 Å². The van der Waals surface area contributed by atoms with Crippen LogP contribution in [0.25, 0.3) is 0 Å². The van der Waals surface area contributed by atoms with Crippen molar-refractivity contribution in [2.45, 2.75) is 28.6 Å². The Hall–Kier alpha value is -0.620. The Morgan fingerprint density at radius 1 is 1.35 bits per heavy atom. The Labute approximate surface area is 106 Å². The Balaban J connectivity index is 2.96. The smallest absolute Gasteiger partial charge is 0.300 e. The number of halogens is 3. The van der Waals surface area contributed by atoms with E-state index in [1.807, 2.05) is 0 Å². The van der Waals surface area contributed by atoms with Crippen LogP contribution in [0.1, 0.15) is 12.5 Å². The maximum Gasteiger partial charge on any atom is 0.446 e. The normalized spacial score (nSPS) is 11.6. The molecule has 0 spiro atoms. The van der Waals surface area contributed by atoms with Gasteiger partial charge in [0.05, 0.1) is 0 Å². The van der Waals surface area contributed by atoms with Gasteiger partial charge >= 0.3 is 5.51 Å². The summed E-state index contributed by atoms with van der Waals surface area (Å²) in [5.74, 6) is -0.00322. The second-order valence-corrected chi connectivity index (χ2v) is 5.39. The van der Waals surface area contributed by atoms with Crippen LogP contribution in [0.5, 0.6) is 0 Å². The molecule has 0 aliphatic carbocycles. The summed E-state index contributed by atoms with van der Waals surface area (Å²) in [6.45, 7) is 1.46. The lowest BCUT2D eigenvalue weighted by Crippen LogP contribution is -2.01. The van der Waals surface area contributed by atoms with Crippen LogP contribution in [-0.2, 0) is 11.2 Å². The third-order valence-corrected chi connectivity index (χ3v) is 3.47. The number of hydrogen-bond donors (Lipinski definition) is 0. The van der Waals surface area contributed by atoms with E-state index < -0.39 is 5.51 Å². The minimum atomic E-state index is -4.28. The molecule has 6 heteroatoms. The van der Waals surface area contributed by atoms with E-state index in [-0.39, 0.29) is 28.9 Å². The Kier molecular flexibility index (Phi) is 4.94. The minimum Gasteiger partial charge on any atom is -0.300 e. The summed E-state index contributed by atoms with van der Waals surface area (Å²) in [7, 11) is 0. The third kappa shape index (κ3) is 5.04. The highest BCUT2D eigenvalue weighted by atomic mass is 32.2. The molecule has 0 fully saturated rings. The molecule has 0 amide bonds. The van der Waals surface area contributed by atoms with Crippen molar-refractivity contribution in [3.05, 3.63) is 23.8 Å². The van der Waals surface area contributed by atoms with Gasteiger partial charge in [-0.05, 0) is 42.6 Å². The molecule has 0 unspecified atom stereocenters. The number of carbonyl (C=O) groups is 1. The fraction of sp³-hybridized carbons (Fsp3) is 0.364. The molecule has 1 aromatic rings. The molecule has 0 saturated heterocycles. The van der Waals surface area contributed by atoms with Gasteiger partial charge in [-0.25, -0.2) is 0 Å². The maximum atomic E-state index is 12.2. The number of hydrogen-bond acceptors (Lipinski definition) is 3. The molecule has 17 heavy (non-hydrogen) atoms.